The lowest BCUT2D eigenvalue weighted by molar-refractivity contribution is 0.136. The Morgan fingerprint density at radius 1 is 1.26 bits per heavy atom. The van der Waals surface area contributed by atoms with Crippen LogP contribution in [-0.4, -0.2) is 6.61 Å². The predicted molar refractivity (Wildman–Crippen MR) is 85.0 cm³/mol. The van der Waals surface area contributed by atoms with E-state index in [9.17, 15) is 0 Å². The molecule has 1 saturated carbocycles. The molecule has 2 unspecified atom stereocenters. The lowest BCUT2D eigenvalue weighted by atomic mass is 9.67. The Kier molecular flexibility index (Phi) is 4.94. The third-order valence-corrected chi connectivity index (χ3v) is 5.62. The van der Waals surface area contributed by atoms with Crippen molar-refractivity contribution in [2.75, 3.05) is 6.61 Å². The van der Waals surface area contributed by atoms with Gasteiger partial charge in [0.25, 0.3) is 0 Å². The molecule has 1 aromatic carbocycles. The Morgan fingerprint density at radius 3 is 2.53 bits per heavy atom. The molecule has 0 saturated heterocycles. The van der Waals surface area contributed by atoms with Crippen LogP contribution in [0.15, 0.2) is 24.3 Å². The standard InChI is InChI=1S/C17H25BrO/c1-4-19-14-10-8-13(9-11-14)16(18)15-7-5-6-12-17(15,2)3/h8-11,15-16H,4-7,12H2,1-3H3. The summed E-state index contributed by atoms with van der Waals surface area (Å²) in [6.07, 6.45) is 5.42. The molecule has 19 heavy (non-hydrogen) atoms. The first-order valence-electron chi connectivity index (χ1n) is 7.41. The summed E-state index contributed by atoms with van der Waals surface area (Å²) in [7, 11) is 0. The van der Waals surface area contributed by atoms with E-state index >= 15 is 0 Å². The Morgan fingerprint density at radius 2 is 1.95 bits per heavy atom. The molecule has 0 N–H and O–H groups in total. The van der Waals surface area contributed by atoms with Crippen LogP contribution in [-0.2, 0) is 0 Å². The SMILES string of the molecule is CCOc1ccc(C(Br)C2CCCCC2(C)C)cc1. The highest BCUT2D eigenvalue weighted by Crippen LogP contribution is 2.50. The maximum atomic E-state index is 5.51. The zero-order valence-electron chi connectivity index (χ0n) is 12.3. The van der Waals surface area contributed by atoms with Gasteiger partial charge in [-0.2, -0.15) is 0 Å². The van der Waals surface area contributed by atoms with Gasteiger partial charge in [0, 0.05) is 4.83 Å². The molecule has 1 aliphatic carbocycles. The van der Waals surface area contributed by atoms with Crippen LogP contribution < -0.4 is 4.74 Å². The van der Waals surface area contributed by atoms with E-state index in [1.54, 1.807) is 0 Å². The molecule has 0 aliphatic heterocycles. The average molecular weight is 325 g/mol. The molecule has 0 amide bonds. The van der Waals surface area contributed by atoms with Crippen molar-refractivity contribution < 1.29 is 4.74 Å². The summed E-state index contributed by atoms with van der Waals surface area (Å²) in [5.74, 6) is 1.69. The topological polar surface area (TPSA) is 9.23 Å². The molecular formula is C17H25BrO. The molecule has 0 bridgehead atoms. The third kappa shape index (κ3) is 3.53. The number of ether oxygens (including phenoxy) is 1. The van der Waals surface area contributed by atoms with Gasteiger partial charge in [0.1, 0.15) is 5.75 Å². The van der Waals surface area contributed by atoms with Crippen LogP contribution in [0.25, 0.3) is 0 Å². The van der Waals surface area contributed by atoms with Gasteiger partial charge in [-0.05, 0) is 48.8 Å². The van der Waals surface area contributed by atoms with E-state index in [0.29, 0.717) is 10.2 Å². The van der Waals surface area contributed by atoms with E-state index in [-0.39, 0.29) is 0 Å². The van der Waals surface area contributed by atoms with E-state index in [0.717, 1.165) is 18.3 Å². The summed E-state index contributed by atoms with van der Waals surface area (Å²) >= 11 is 3.95. The van der Waals surface area contributed by atoms with Crippen molar-refractivity contribution in [1.82, 2.24) is 0 Å². The van der Waals surface area contributed by atoms with E-state index in [2.05, 4.69) is 54.0 Å². The van der Waals surface area contributed by atoms with Crippen molar-refractivity contribution in [2.45, 2.75) is 51.3 Å². The van der Waals surface area contributed by atoms with Gasteiger partial charge in [0.2, 0.25) is 0 Å². The first kappa shape index (κ1) is 14.9. The number of benzene rings is 1. The van der Waals surface area contributed by atoms with Crippen molar-refractivity contribution >= 4 is 15.9 Å². The molecule has 0 heterocycles. The summed E-state index contributed by atoms with van der Waals surface area (Å²) in [4.78, 5) is 0.457. The minimum atomic E-state index is 0.436. The summed E-state index contributed by atoms with van der Waals surface area (Å²) in [6.45, 7) is 7.58. The number of hydrogen-bond acceptors (Lipinski definition) is 1. The molecule has 0 radical (unpaired) electrons. The van der Waals surface area contributed by atoms with E-state index in [1.807, 2.05) is 6.92 Å². The normalized spacial score (nSPS) is 23.9. The van der Waals surface area contributed by atoms with Gasteiger partial charge in [0.05, 0.1) is 6.61 Å². The first-order chi connectivity index (χ1) is 9.04. The highest BCUT2D eigenvalue weighted by atomic mass is 79.9. The van der Waals surface area contributed by atoms with Crippen LogP contribution in [0.5, 0.6) is 5.75 Å². The van der Waals surface area contributed by atoms with Crippen LogP contribution in [0.2, 0.25) is 0 Å². The average Bonchev–Trinajstić information content (AvgIpc) is 2.39. The van der Waals surface area contributed by atoms with Crippen LogP contribution in [0.4, 0.5) is 0 Å². The lowest BCUT2D eigenvalue weighted by Gasteiger charge is -2.41. The zero-order valence-corrected chi connectivity index (χ0v) is 13.9. The van der Waals surface area contributed by atoms with Crippen molar-refractivity contribution in [3.63, 3.8) is 0 Å². The van der Waals surface area contributed by atoms with Crippen molar-refractivity contribution in [3.8, 4) is 5.75 Å². The molecule has 0 spiro atoms. The van der Waals surface area contributed by atoms with E-state index in [4.69, 9.17) is 4.74 Å². The molecule has 106 valence electrons. The lowest BCUT2D eigenvalue weighted by Crippen LogP contribution is -2.30. The molecule has 2 heteroatoms. The molecular weight excluding hydrogens is 300 g/mol. The second-order valence-electron chi connectivity index (χ2n) is 6.24. The molecule has 2 rings (SSSR count). The van der Waals surface area contributed by atoms with Crippen molar-refractivity contribution in [2.24, 2.45) is 11.3 Å². The van der Waals surface area contributed by atoms with Crippen LogP contribution in [0.3, 0.4) is 0 Å². The Hall–Kier alpha value is -0.500. The molecule has 2 atom stereocenters. The van der Waals surface area contributed by atoms with Gasteiger partial charge in [0.15, 0.2) is 0 Å². The quantitative estimate of drug-likeness (QED) is 0.642. The van der Waals surface area contributed by atoms with Gasteiger partial charge >= 0.3 is 0 Å². The van der Waals surface area contributed by atoms with E-state index < -0.39 is 0 Å². The maximum Gasteiger partial charge on any atom is 0.119 e. The highest BCUT2D eigenvalue weighted by molar-refractivity contribution is 9.09. The van der Waals surface area contributed by atoms with Crippen LogP contribution >= 0.6 is 15.9 Å². The maximum absolute atomic E-state index is 5.51. The van der Waals surface area contributed by atoms with Gasteiger partial charge in [-0.25, -0.2) is 0 Å². The number of rotatable bonds is 4. The highest BCUT2D eigenvalue weighted by Gasteiger charge is 2.36. The summed E-state index contributed by atoms with van der Waals surface area (Å²) in [5.41, 5.74) is 1.81. The predicted octanol–water partition coefficient (Wildman–Crippen LogP) is 5.74. The fourth-order valence-electron chi connectivity index (χ4n) is 3.21. The van der Waals surface area contributed by atoms with Crippen molar-refractivity contribution in [1.29, 1.82) is 0 Å². The number of halogens is 1. The zero-order chi connectivity index (χ0) is 13.9. The number of alkyl halides is 1. The van der Waals surface area contributed by atoms with Gasteiger partial charge < -0.3 is 4.74 Å². The number of hydrogen-bond donors (Lipinski definition) is 0. The molecule has 1 nitrogen and oxygen atoms in total. The third-order valence-electron chi connectivity index (χ3n) is 4.45. The van der Waals surface area contributed by atoms with E-state index in [1.165, 1.54) is 31.2 Å². The Bertz CT molecular complexity index is 396. The fraction of sp³-hybridized carbons (Fsp3) is 0.647. The monoisotopic (exact) mass is 324 g/mol. The van der Waals surface area contributed by atoms with Gasteiger partial charge in [-0.3, -0.25) is 0 Å². The Labute approximate surface area is 125 Å². The largest absolute Gasteiger partial charge is 0.494 e. The van der Waals surface area contributed by atoms with Crippen LogP contribution in [0.1, 0.15) is 56.8 Å². The van der Waals surface area contributed by atoms with Crippen molar-refractivity contribution in [3.05, 3.63) is 29.8 Å². The second kappa shape index (κ2) is 6.30. The molecule has 0 aromatic heterocycles. The molecule has 1 aliphatic rings. The second-order valence-corrected chi connectivity index (χ2v) is 7.23. The first-order valence-corrected chi connectivity index (χ1v) is 8.33. The molecule has 1 aromatic rings. The van der Waals surface area contributed by atoms with Crippen LogP contribution in [0, 0.1) is 11.3 Å². The molecule has 1 fully saturated rings. The summed E-state index contributed by atoms with van der Waals surface area (Å²) in [6, 6.07) is 8.58. The fourth-order valence-corrected chi connectivity index (χ4v) is 4.50. The smallest absolute Gasteiger partial charge is 0.119 e. The minimum absolute atomic E-state index is 0.436. The van der Waals surface area contributed by atoms with Gasteiger partial charge in [-0.15, -0.1) is 0 Å². The summed E-state index contributed by atoms with van der Waals surface area (Å²) in [5, 5.41) is 0. The Balaban J connectivity index is 2.11. The minimum Gasteiger partial charge on any atom is -0.494 e. The summed E-state index contributed by atoms with van der Waals surface area (Å²) < 4.78 is 5.51. The van der Waals surface area contributed by atoms with Gasteiger partial charge in [-0.1, -0.05) is 54.8 Å².